The van der Waals surface area contributed by atoms with E-state index in [4.69, 9.17) is 21.1 Å². The van der Waals surface area contributed by atoms with Crippen LogP contribution in [0.2, 0.25) is 5.02 Å². The van der Waals surface area contributed by atoms with E-state index in [1.165, 1.54) is 4.90 Å². The minimum absolute atomic E-state index is 0.119. The van der Waals surface area contributed by atoms with Gasteiger partial charge in [0.15, 0.2) is 11.5 Å². The second-order valence-electron chi connectivity index (χ2n) is 7.15. The number of rotatable bonds is 6. The topological polar surface area (TPSA) is 67.9 Å². The highest BCUT2D eigenvalue weighted by Crippen LogP contribution is 2.35. The van der Waals surface area contributed by atoms with Crippen LogP contribution in [0.5, 0.6) is 11.5 Å². The van der Waals surface area contributed by atoms with E-state index in [1.54, 1.807) is 49.6 Å². The van der Waals surface area contributed by atoms with Gasteiger partial charge in [-0.25, -0.2) is 0 Å². The van der Waals surface area contributed by atoms with Crippen molar-refractivity contribution in [1.29, 1.82) is 0 Å². The van der Waals surface area contributed by atoms with Gasteiger partial charge in [0.1, 0.15) is 12.3 Å². The molecular formula is C25H21ClN2O4. The summed E-state index contributed by atoms with van der Waals surface area (Å²) in [6.45, 7) is 0.205. The molecule has 0 atom stereocenters. The van der Waals surface area contributed by atoms with E-state index in [-0.39, 0.29) is 18.2 Å². The number of halogens is 1. The summed E-state index contributed by atoms with van der Waals surface area (Å²) < 4.78 is 11.0. The van der Waals surface area contributed by atoms with E-state index in [2.05, 4.69) is 5.32 Å². The molecule has 0 aromatic heterocycles. The van der Waals surface area contributed by atoms with E-state index in [1.807, 2.05) is 36.4 Å². The maximum absolute atomic E-state index is 13.2. The highest BCUT2D eigenvalue weighted by Gasteiger charge is 2.31. The number of carbonyl (C=O) groups excluding carboxylic acids is 2. The number of nitrogens with zero attached hydrogens (tertiary/aromatic N) is 1. The van der Waals surface area contributed by atoms with Crippen LogP contribution in [0, 0.1) is 0 Å². The summed E-state index contributed by atoms with van der Waals surface area (Å²) >= 11 is 6.05. The molecule has 32 heavy (non-hydrogen) atoms. The predicted molar refractivity (Wildman–Crippen MR) is 124 cm³/mol. The van der Waals surface area contributed by atoms with Crippen LogP contribution in [-0.4, -0.2) is 25.5 Å². The van der Waals surface area contributed by atoms with Gasteiger partial charge in [-0.15, -0.1) is 0 Å². The summed E-state index contributed by atoms with van der Waals surface area (Å²) in [5, 5.41) is 3.41. The average Bonchev–Trinajstić information content (AvgIpc) is 2.81. The van der Waals surface area contributed by atoms with E-state index in [0.29, 0.717) is 23.0 Å². The van der Waals surface area contributed by atoms with E-state index < -0.39 is 5.91 Å². The minimum atomic E-state index is -0.400. The van der Waals surface area contributed by atoms with Gasteiger partial charge in [-0.05, 0) is 53.6 Å². The van der Waals surface area contributed by atoms with Crippen LogP contribution in [-0.2, 0) is 16.1 Å². The van der Waals surface area contributed by atoms with Gasteiger partial charge in [0.2, 0.25) is 5.91 Å². The number of carbonyl (C=O) groups is 2. The van der Waals surface area contributed by atoms with Crippen LogP contribution >= 0.6 is 11.6 Å². The molecule has 162 valence electrons. The van der Waals surface area contributed by atoms with Crippen molar-refractivity contribution in [1.82, 2.24) is 5.32 Å². The molecule has 1 N–H and O–H groups in total. The van der Waals surface area contributed by atoms with Crippen molar-refractivity contribution in [2.24, 2.45) is 0 Å². The lowest BCUT2D eigenvalue weighted by Gasteiger charge is -2.30. The lowest BCUT2D eigenvalue weighted by Crippen LogP contribution is -2.44. The molecule has 7 heteroatoms. The Balaban J connectivity index is 1.52. The fourth-order valence-corrected chi connectivity index (χ4v) is 3.51. The molecule has 0 spiro atoms. The maximum atomic E-state index is 13.2. The lowest BCUT2D eigenvalue weighted by molar-refractivity contribution is -0.123. The quantitative estimate of drug-likeness (QED) is 0.566. The molecule has 2 amide bonds. The second kappa shape index (κ2) is 9.58. The molecular weight excluding hydrogens is 428 g/mol. The third kappa shape index (κ3) is 4.92. The number of para-hydroxylation sites is 2. The molecule has 3 aromatic rings. The Morgan fingerprint density at radius 2 is 1.88 bits per heavy atom. The summed E-state index contributed by atoms with van der Waals surface area (Å²) in [4.78, 5) is 27.2. The Kier molecular flexibility index (Phi) is 6.42. The number of hydrogen-bond donors (Lipinski definition) is 1. The molecule has 0 saturated heterocycles. The van der Waals surface area contributed by atoms with Crippen LogP contribution in [0.1, 0.15) is 11.1 Å². The number of fused-ring (bicyclic) bond motifs is 1. The highest BCUT2D eigenvalue weighted by atomic mass is 35.5. The monoisotopic (exact) mass is 448 g/mol. The van der Waals surface area contributed by atoms with Gasteiger partial charge in [-0.1, -0.05) is 48.0 Å². The average molecular weight is 449 g/mol. The van der Waals surface area contributed by atoms with Crippen LogP contribution in [0.3, 0.4) is 0 Å². The first kappa shape index (κ1) is 21.5. The van der Waals surface area contributed by atoms with Gasteiger partial charge in [-0.2, -0.15) is 0 Å². The number of hydrogen-bond acceptors (Lipinski definition) is 4. The highest BCUT2D eigenvalue weighted by molar-refractivity contribution is 6.30. The van der Waals surface area contributed by atoms with Gasteiger partial charge in [-0.3, -0.25) is 14.5 Å². The minimum Gasteiger partial charge on any atom is -0.497 e. The molecule has 1 heterocycles. The van der Waals surface area contributed by atoms with Crippen molar-refractivity contribution in [2.45, 2.75) is 6.54 Å². The zero-order valence-electron chi connectivity index (χ0n) is 17.4. The first-order valence-electron chi connectivity index (χ1n) is 9.99. The molecule has 1 aliphatic rings. The van der Waals surface area contributed by atoms with Gasteiger partial charge >= 0.3 is 0 Å². The van der Waals surface area contributed by atoms with E-state index >= 15 is 0 Å². The van der Waals surface area contributed by atoms with Crippen LogP contribution in [0.15, 0.2) is 78.6 Å². The Morgan fingerprint density at radius 3 is 2.62 bits per heavy atom. The molecule has 0 saturated carbocycles. The number of amides is 2. The molecule has 0 unspecified atom stereocenters. The van der Waals surface area contributed by atoms with Crippen molar-refractivity contribution in [3.63, 3.8) is 0 Å². The van der Waals surface area contributed by atoms with Crippen molar-refractivity contribution in [3.8, 4) is 11.5 Å². The van der Waals surface area contributed by atoms with Crippen LogP contribution in [0.4, 0.5) is 5.69 Å². The maximum Gasteiger partial charge on any atom is 0.294 e. The molecule has 4 rings (SSSR count). The molecule has 0 fully saturated rings. The zero-order chi connectivity index (χ0) is 22.5. The standard InChI is InChI=1S/C25H21ClN2O4/c1-31-20-11-9-17(10-12-20)15-27-24(29)16-28-21-7-2-3-8-22(21)32-23(25(28)30)14-18-5-4-6-19(26)13-18/h2-14H,15-16H2,1H3,(H,27,29). The van der Waals surface area contributed by atoms with Crippen molar-refractivity contribution < 1.29 is 19.1 Å². The smallest absolute Gasteiger partial charge is 0.294 e. The van der Waals surface area contributed by atoms with E-state index in [9.17, 15) is 9.59 Å². The number of benzene rings is 3. The number of methoxy groups -OCH3 is 1. The Hall–Kier alpha value is -3.77. The van der Waals surface area contributed by atoms with Gasteiger partial charge in [0, 0.05) is 11.6 Å². The summed E-state index contributed by atoms with van der Waals surface area (Å²) in [5.41, 5.74) is 2.19. The third-order valence-corrected chi connectivity index (χ3v) is 5.16. The third-order valence-electron chi connectivity index (χ3n) is 4.93. The fourth-order valence-electron chi connectivity index (χ4n) is 3.31. The summed E-state index contributed by atoms with van der Waals surface area (Å²) in [7, 11) is 1.60. The Morgan fingerprint density at radius 1 is 1.09 bits per heavy atom. The fraction of sp³-hybridized carbons (Fsp3) is 0.120. The first-order chi connectivity index (χ1) is 15.5. The number of ether oxygens (including phenoxy) is 2. The van der Waals surface area contributed by atoms with Crippen molar-refractivity contribution in [3.05, 3.63) is 94.7 Å². The SMILES string of the molecule is COc1ccc(CNC(=O)CN2C(=O)C(=Cc3cccc(Cl)c3)Oc3ccccc32)cc1. The largest absolute Gasteiger partial charge is 0.497 e. The summed E-state index contributed by atoms with van der Waals surface area (Å²) in [5.74, 6) is 0.683. The van der Waals surface area contributed by atoms with Gasteiger partial charge < -0.3 is 14.8 Å². The van der Waals surface area contributed by atoms with Crippen LogP contribution in [0.25, 0.3) is 6.08 Å². The van der Waals surface area contributed by atoms with Crippen LogP contribution < -0.4 is 19.7 Å². The van der Waals surface area contributed by atoms with E-state index in [0.717, 1.165) is 16.9 Å². The van der Waals surface area contributed by atoms with Crippen molar-refractivity contribution >= 4 is 35.2 Å². The van der Waals surface area contributed by atoms with Gasteiger partial charge in [0.25, 0.3) is 5.91 Å². The predicted octanol–water partition coefficient (Wildman–Crippen LogP) is 4.43. The molecule has 6 nitrogen and oxygen atoms in total. The normalized spacial score (nSPS) is 14.0. The lowest BCUT2D eigenvalue weighted by atomic mass is 10.1. The zero-order valence-corrected chi connectivity index (χ0v) is 18.1. The number of anilines is 1. The molecule has 0 radical (unpaired) electrons. The Bertz CT molecular complexity index is 1170. The second-order valence-corrected chi connectivity index (χ2v) is 7.59. The summed E-state index contributed by atoms with van der Waals surface area (Å²) in [6.07, 6.45) is 1.62. The number of nitrogens with one attached hydrogen (secondary N) is 1. The molecule has 1 aliphatic heterocycles. The molecule has 0 aliphatic carbocycles. The Labute approximate surface area is 191 Å². The molecule has 3 aromatic carbocycles. The van der Waals surface area contributed by atoms with Gasteiger partial charge in [0.05, 0.1) is 12.8 Å². The molecule has 0 bridgehead atoms. The van der Waals surface area contributed by atoms with Crippen molar-refractivity contribution in [2.75, 3.05) is 18.6 Å². The first-order valence-corrected chi connectivity index (χ1v) is 10.4. The summed E-state index contributed by atoms with van der Waals surface area (Å²) in [6, 6.07) is 21.6.